The van der Waals surface area contributed by atoms with E-state index in [0.29, 0.717) is 30.7 Å². The van der Waals surface area contributed by atoms with Crippen molar-refractivity contribution < 1.29 is 9.53 Å². The van der Waals surface area contributed by atoms with Gasteiger partial charge in [-0.1, -0.05) is 30.3 Å². The molecule has 2 fully saturated rings. The smallest absolute Gasteiger partial charge is 0.326 e. The second-order valence-corrected chi connectivity index (χ2v) is 10.9. The Morgan fingerprint density at radius 2 is 1.74 bits per heavy atom. The van der Waals surface area contributed by atoms with Gasteiger partial charge < -0.3 is 19.9 Å². The van der Waals surface area contributed by atoms with Gasteiger partial charge in [-0.15, -0.1) is 0 Å². The predicted octanol–water partition coefficient (Wildman–Crippen LogP) is 4.53. The van der Waals surface area contributed by atoms with Gasteiger partial charge in [-0.3, -0.25) is 10.2 Å². The van der Waals surface area contributed by atoms with Crippen molar-refractivity contribution in [3.8, 4) is 11.4 Å². The van der Waals surface area contributed by atoms with Crippen molar-refractivity contribution in [3.05, 3.63) is 78.8 Å². The Morgan fingerprint density at radius 1 is 0.953 bits per heavy atom. The molecule has 0 atom stereocenters. The first-order chi connectivity index (χ1) is 21.2. The number of aromatic amines is 1. The number of ether oxygens (including phenoxy) is 1. The number of anilines is 3. The minimum absolute atomic E-state index is 0.268. The molecular weight excluding hydrogens is 544 g/mol. The van der Waals surface area contributed by atoms with E-state index in [0.717, 1.165) is 68.0 Å². The first-order valence-electron chi connectivity index (χ1n) is 14.7. The van der Waals surface area contributed by atoms with Crippen LogP contribution in [-0.2, 0) is 11.3 Å². The van der Waals surface area contributed by atoms with Crippen LogP contribution in [0.2, 0.25) is 0 Å². The molecule has 2 saturated heterocycles. The minimum atomic E-state index is -0.381. The highest BCUT2D eigenvalue weighted by molar-refractivity contribution is 5.98. The molecule has 43 heavy (non-hydrogen) atoms. The summed E-state index contributed by atoms with van der Waals surface area (Å²) in [7, 11) is 0. The fraction of sp³-hybridized carbons (Fsp3) is 0.323. The molecule has 2 amide bonds. The SMILES string of the molecule is O=C(Nc1ccc(-c2nc(N3CCOCC3)c3cnn(C4CCN(Cc5ccccc5)CC4)c3n2)cc1)Nc1ncc[nH]1. The Morgan fingerprint density at radius 3 is 2.49 bits per heavy atom. The summed E-state index contributed by atoms with van der Waals surface area (Å²) in [5.41, 5.74) is 3.71. The van der Waals surface area contributed by atoms with Crippen molar-refractivity contribution in [2.24, 2.45) is 0 Å². The summed E-state index contributed by atoms with van der Waals surface area (Å²) in [6.07, 6.45) is 7.16. The van der Waals surface area contributed by atoms with E-state index in [9.17, 15) is 4.79 Å². The Labute approximate surface area is 249 Å². The van der Waals surface area contributed by atoms with E-state index < -0.39 is 0 Å². The lowest BCUT2D eigenvalue weighted by atomic mass is 10.0. The molecule has 0 saturated carbocycles. The maximum Gasteiger partial charge on any atom is 0.326 e. The lowest BCUT2D eigenvalue weighted by molar-refractivity contribution is 0.122. The molecule has 5 aromatic rings. The molecule has 12 heteroatoms. The fourth-order valence-corrected chi connectivity index (χ4v) is 5.79. The molecule has 0 radical (unpaired) electrons. The summed E-state index contributed by atoms with van der Waals surface area (Å²) >= 11 is 0. The first-order valence-corrected chi connectivity index (χ1v) is 14.7. The predicted molar refractivity (Wildman–Crippen MR) is 165 cm³/mol. The van der Waals surface area contributed by atoms with Crippen LogP contribution in [0.3, 0.4) is 0 Å². The average molecular weight is 579 g/mol. The Balaban J connectivity index is 1.13. The van der Waals surface area contributed by atoms with Gasteiger partial charge in [-0.25, -0.2) is 24.4 Å². The van der Waals surface area contributed by atoms with Crippen LogP contribution in [0.25, 0.3) is 22.4 Å². The molecule has 220 valence electrons. The molecule has 3 aromatic heterocycles. The van der Waals surface area contributed by atoms with Crippen molar-refractivity contribution in [2.45, 2.75) is 25.4 Å². The van der Waals surface area contributed by atoms with Crippen molar-refractivity contribution >= 4 is 34.5 Å². The van der Waals surface area contributed by atoms with Gasteiger partial charge in [0.15, 0.2) is 11.5 Å². The van der Waals surface area contributed by atoms with E-state index in [1.807, 2.05) is 30.5 Å². The maximum absolute atomic E-state index is 12.3. The van der Waals surface area contributed by atoms with E-state index in [1.165, 1.54) is 5.56 Å². The van der Waals surface area contributed by atoms with Gasteiger partial charge >= 0.3 is 6.03 Å². The van der Waals surface area contributed by atoms with E-state index in [2.05, 4.69) is 65.4 Å². The summed E-state index contributed by atoms with van der Waals surface area (Å²) < 4.78 is 7.73. The third kappa shape index (κ3) is 6.06. The highest BCUT2D eigenvalue weighted by Gasteiger charge is 2.26. The zero-order valence-corrected chi connectivity index (χ0v) is 23.8. The van der Waals surface area contributed by atoms with Gasteiger partial charge in [0.1, 0.15) is 5.82 Å². The molecule has 3 N–H and O–H groups in total. The summed E-state index contributed by atoms with van der Waals surface area (Å²) in [5.74, 6) is 1.89. The molecule has 0 aliphatic carbocycles. The molecule has 7 rings (SSSR count). The molecule has 0 bridgehead atoms. The van der Waals surface area contributed by atoms with Crippen LogP contribution < -0.4 is 15.5 Å². The second-order valence-electron chi connectivity index (χ2n) is 10.9. The zero-order valence-electron chi connectivity index (χ0n) is 23.8. The first kappa shape index (κ1) is 27.0. The van der Waals surface area contributed by atoms with Gasteiger partial charge in [0, 0.05) is 56.4 Å². The number of nitrogens with one attached hydrogen (secondary N) is 3. The summed E-state index contributed by atoms with van der Waals surface area (Å²) in [6.45, 7) is 5.85. The summed E-state index contributed by atoms with van der Waals surface area (Å²) in [5, 5.41) is 11.3. The topological polar surface area (TPSA) is 129 Å². The summed E-state index contributed by atoms with van der Waals surface area (Å²) in [4.78, 5) is 34.1. The standard InChI is InChI=1S/C31H34N10O2/c42-31(38-30-32-12-13-33-30)35-24-8-6-23(7-9-24)27-36-28(40-16-18-43-19-17-40)26-20-34-41(29(26)37-27)25-10-14-39(15-11-25)21-22-4-2-1-3-5-22/h1-9,12-13,20,25H,10-11,14-19,21H2,(H3,32,33,35,38,42). The number of rotatable bonds is 7. The van der Waals surface area contributed by atoms with Gasteiger partial charge in [0.05, 0.1) is 30.8 Å². The van der Waals surface area contributed by atoms with Crippen molar-refractivity contribution in [2.75, 3.05) is 54.9 Å². The van der Waals surface area contributed by atoms with E-state index in [4.69, 9.17) is 19.8 Å². The van der Waals surface area contributed by atoms with Crippen molar-refractivity contribution in [1.29, 1.82) is 0 Å². The van der Waals surface area contributed by atoms with Crippen LogP contribution in [-0.4, -0.2) is 80.0 Å². The molecule has 0 unspecified atom stereocenters. The highest BCUT2D eigenvalue weighted by atomic mass is 16.5. The van der Waals surface area contributed by atoms with E-state index >= 15 is 0 Å². The second kappa shape index (κ2) is 12.2. The lowest BCUT2D eigenvalue weighted by Gasteiger charge is -2.32. The van der Waals surface area contributed by atoms with Crippen LogP contribution in [0.1, 0.15) is 24.4 Å². The Bertz CT molecular complexity index is 1660. The van der Waals surface area contributed by atoms with Crippen LogP contribution >= 0.6 is 0 Å². The highest BCUT2D eigenvalue weighted by Crippen LogP contribution is 2.32. The fourth-order valence-electron chi connectivity index (χ4n) is 5.79. The molecule has 2 aliphatic rings. The van der Waals surface area contributed by atoms with Crippen LogP contribution in [0.4, 0.5) is 22.2 Å². The van der Waals surface area contributed by atoms with Crippen LogP contribution in [0.5, 0.6) is 0 Å². The van der Waals surface area contributed by atoms with Gasteiger partial charge in [-0.05, 0) is 42.7 Å². The van der Waals surface area contributed by atoms with Gasteiger partial charge in [0.2, 0.25) is 5.95 Å². The van der Waals surface area contributed by atoms with Crippen molar-refractivity contribution in [1.82, 2.24) is 34.6 Å². The zero-order chi connectivity index (χ0) is 29.0. The minimum Gasteiger partial charge on any atom is -0.378 e. The molecular formula is C31H34N10O2. The van der Waals surface area contributed by atoms with Crippen molar-refractivity contribution in [3.63, 3.8) is 0 Å². The number of amides is 2. The lowest BCUT2D eigenvalue weighted by Crippen LogP contribution is -2.37. The number of hydrogen-bond acceptors (Lipinski definition) is 8. The monoisotopic (exact) mass is 578 g/mol. The quantitative estimate of drug-likeness (QED) is 0.257. The van der Waals surface area contributed by atoms with E-state index in [-0.39, 0.29) is 12.1 Å². The molecule has 12 nitrogen and oxygen atoms in total. The number of carbonyl (C=O) groups is 1. The van der Waals surface area contributed by atoms with E-state index in [1.54, 1.807) is 12.4 Å². The van der Waals surface area contributed by atoms with Crippen LogP contribution in [0, 0.1) is 0 Å². The molecule has 5 heterocycles. The number of benzene rings is 2. The number of piperidine rings is 1. The molecule has 2 aromatic carbocycles. The molecule has 0 spiro atoms. The largest absolute Gasteiger partial charge is 0.378 e. The third-order valence-electron chi connectivity index (χ3n) is 8.03. The number of imidazole rings is 1. The number of morpholine rings is 1. The number of H-pyrrole nitrogens is 1. The number of aromatic nitrogens is 6. The average Bonchev–Trinajstić information content (AvgIpc) is 3.72. The maximum atomic E-state index is 12.3. The number of nitrogens with zero attached hydrogens (tertiary/aromatic N) is 7. The number of carbonyl (C=O) groups excluding carboxylic acids is 1. The number of fused-ring (bicyclic) bond motifs is 1. The van der Waals surface area contributed by atoms with Gasteiger partial charge in [0.25, 0.3) is 0 Å². The number of urea groups is 1. The summed E-state index contributed by atoms with van der Waals surface area (Å²) in [6, 6.07) is 18.1. The number of likely N-dealkylation sites (tertiary alicyclic amines) is 1. The third-order valence-corrected chi connectivity index (χ3v) is 8.03. The molecule has 2 aliphatic heterocycles. The Kier molecular flexibility index (Phi) is 7.67. The van der Waals surface area contributed by atoms with Gasteiger partial charge in [-0.2, -0.15) is 5.10 Å². The normalized spacial score (nSPS) is 16.4. The number of hydrogen-bond donors (Lipinski definition) is 3. The van der Waals surface area contributed by atoms with Crippen LogP contribution in [0.15, 0.2) is 73.2 Å². The Hall–Kier alpha value is -4.81.